The van der Waals surface area contributed by atoms with Crippen molar-refractivity contribution in [3.8, 4) is 5.75 Å². The number of piperazine rings is 1. The van der Waals surface area contributed by atoms with Crippen LogP contribution in [0.25, 0.3) is 0 Å². The van der Waals surface area contributed by atoms with Gasteiger partial charge in [-0.15, -0.1) is 0 Å². The fourth-order valence-electron chi connectivity index (χ4n) is 3.19. The number of methoxy groups -OCH3 is 1. The van der Waals surface area contributed by atoms with Crippen molar-refractivity contribution in [1.82, 2.24) is 9.88 Å². The second kappa shape index (κ2) is 7.31. The number of carbonyl (C=O) groups excluding carboxylic acids is 1. The van der Waals surface area contributed by atoms with E-state index in [4.69, 9.17) is 10.5 Å². The second-order valence-corrected chi connectivity index (χ2v) is 7.20. The van der Waals surface area contributed by atoms with Crippen molar-refractivity contribution in [2.45, 2.75) is 26.3 Å². The molecule has 1 unspecified atom stereocenters. The average molecular weight is 360 g/mol. The van der Waals surface area contributed by atoms with Gasteiger partial charge >= 0.3 is 0 Å². The van der Waals surface area contributed by atoms with Crippen LogP contribution < -0.4 is 15.4 Å². The summed E-state index contributed by atoms with van der Waals surface area (Å²) in [4.78, 5) is 22.1. The smallest absolute Gasteiger partial charge is 0.266 e. The fraction of sp³-hybridized carbons (Fsp3) is 0.444. The number of nitrogens with two attached hydrogens (primary N) is 1. The Morgan fingerprint density at radius 2 is 2.08 bits per heavy atom. The van der Waals surface area contributed by atoms with E-state index < -0.39 is 0 Å². The van der Waals surface area contributed by atoms with E-state index in [0.29, 0.717) is 16.6 Å². The van der Waals surface area contributed by atoms with Crippen LogP contribution in [-0.4, -0.2) is 48.6 Å². The van der Waals surface area contributed by atoms with Gasteiger partial charge in [0.1, 0.15) is 10.6 Å². The Balaban J connectivity index is 1.71. The topological polar surface area (TPSA) is 71.7 Å². The molecular weight excluding hydrogens is 336 g/mol. The third-order valence-electron chi connectivity index (χ3n) is 4.57. The Hall–Kier alpha value is -2.28. The molecule has 0 spiro atoms. The number of benzene rings is 1. The summed E-state index contributed by atoms with van der Waals surface area (Å²) in [6.07, 6.45) is 0.717. The number of nitrogens with zero attached hydrogens (tertiary/aromatic N) is 3. The van der Waals surface area contributed by atoms with E-state index >= 15 is 0 Å². The summed E-state index contributed by atoms with van der Waals surface area (Å²) in [7, 11) is 1.66. The van der Waals surface area contributed by atoms with Gasteiger partial charge in [0, 0.05) is 31.4 Å². The first-order chi connectivity index (χ1) is 12.0. The minimum atomic E-state index is 0.0490. The zero-order chi connectivity index (χ0) is 18.0. The summed E-state index contributed by atoms with van der Waals surface area (Å²) in [5.74, 6) is 0.897. The Morgan fingerprint density at radius 3 is 2.68 bits per heavy atom. The zero-order valence-corrected chi connectivity index (χ0v) is 15.7. The third kappa shape index (κ3) is 3.56. The van der Waals surface area contributed by atoms with Crippen LogP contribution in [0.2, 0.25) is 0 Å². The van der Waals surface area contributed by atoms with Gasteiger partial charge in [0.2, 0.25) is 0 Å². The van der Waals surface area contributed by atoms with Crippen molar-refractivity contribution in [2.75, 3.05) is 37.4 Å². The molecule has 0 aliphatic carbocycles. The van der Waals surface area contributed by atoms with Crippen LogP contribution in [0.1, 0.15) is 29.2 Å². The molecule has 1 atom stereocenters. The molecule has 3 rings (SSSR count). The lowest BCUT2D eigenvalue weighted by molar-refractivity contribution is 0.0678. The molecule has 2 N–H and O–H groups in total. The van der Waals surface area contributed by atoms with Crippen molar-refractivity contribution >= 4 is 28.1 Å². The van der Waals surface area contributed by atoms with Crippen molar-refractivity contribution in [2.24, 2.45) is 0 Å². The molecule has 0 saturated carbocycles. The molecule has 25 heavy (non-hydrogen) atoms. The maximum Gasteiger partial charge on any atom is 0.266 e. The van der Waals surface area contributed by atoms with Gasteiger partial charge in [0.25, 0.3) is 5.91 Å². The first kappa shape index (κ1) is 17.5. The molecule has 0 radical (unpaired) electrons. The van der Waals surface area contributed by atoms with E-state index in [9.17, 15) is 4.79 Å². The largest absolute Gasteiger partial charge is 0.497 e. The predicted octanol–water partition coefficient (Wildman–Crippen LogP) is 2.65. The van der Waals surface area contributed by atoms with E-state index in [0.717, 1.165) is 36.6 Å². The Bertz CT molecular complexity index is 744. The number of aryl methyl sites for hydroxylation is 1. The van der Waals surface area contributed by atoms with Gasteiger partial charge in [-0.1, -0.05) is 18.3 Å². The number of carbonyl (C=O) groups is 1. The van der Waals surface area contributed by atoms with E-state index in [2.05, 4.69) is 28.9 Å². The quantitative estimate of drug-likeness (QED) is 0.907. The highest BCUT2D eigenvalue weighted by Crippen LogP contribution is 2.26. The Kier molecular flexibility index (Phi) is 5.13. The van der Waals surface area contributed by atoms with Gasteiger partial charge in [-0.05, 0) is 37.6 Å². The highest BCUT2D eigenvalue weighted by Gasteiger charge is 2.30. The van der Waals surface area contributed by atoms with Gasteiger partial charge in [-0.3, -0.25) is 4.79 Å². The predicted molar refractivity (Wildman–Crippen MR) is 102 cm³/mol. The fourth-order valence-corrected chi connectivity index (χ4v) is 4.07. The van der Waals surface area contributed by atoms with Crippen molar-refractivity contribution in [3.63, 3.8) is 0 Å². The minimum absolute atomic E-state index is 0.0490. The molecule has 1 aliphatic rings. The molecule has 2 aromatic rings. The standard InChI is InChI=1S/C18H24N4O2S/c1-4-15-16(25-18(19)20-15)17(23)22-10-9-21(11-12(22)2)13-5-7-14(24-3)8-6-13/h5-8,12H,4,9-11H2,1-3H3,(H2,19,20). The summed E-state index contributed by atoms with van der Waals surface area (Å²) in [5, 5.41) is 0.463. The summed E-state index contributed by atoms with van der Waals surface area (Å²) < 4.78 is 5.21. The van der Waals surface area contributed by atoms with E-state index in [1.165, 1.54) is 11.3 Å². The lowest BCUT2D eigenvalue weighted by Crippen LogP contribution is -2.54. The number of ether oxygens (including phenoxy) is 1. The maximum absolute atomic E-state index is 12.9. The molecule has 134 valence electrons. The van der Waals surface area contributed by atoms with Crippen LogP contribution in [0.15, 0.2) is 24.3 Å². The van der Waals surface area contributed by atoms with Crippen molar-refractivity contribution in [3.05, 3.63) is 34.8 Å². The number of aromatic nitrogens is 1. The number of nitrogen functional groups attached to an aromatic ring is 1. The molecule has 1 aromatic heterocycles. The monoisotopic (exact) mass is 360 g/mol. The molecule has 1 aliphatic heterocycles. The first-order valence-corrected chi connectivity index (χ1v) is 9.30. The highest BCUT2D eigenvalue weighted by atomic mass is 32.1. The van der Waals surface area contributed by atoms with Gasteiger partial charge in [-0.25, -0.2) is 4.98 Å². The normalized spacial score (nSPS) is 17.6. The number of anilines is 2. The lowest BCUT2D eigenvalue weighted by atomic mass is 10.1. The van der Waals surface area contributed by atoms with Crippen LogP contribution >= 0.6 is 11.3 Å². The van der Waals surface area contributed by atoms with Crippen LogP contribution in [-0.2, 0) is 6.42 Å². The molecular formula is C18H24N4O2S. The number of amides is 1. The summed E-state index contributed by atoms with van der Waals surface area (Å²) in [6.45, 7) is 6.37. The van der Waals surface area contributed by atoms with Crippen LogP contribution in [0, 0.1) is 0 Å². The van der Waals surface area contributed by atoms with Crippen LogP contribution in [0.5, 0.6) is 5.75 Å². The van der Waals surface area contributed by atoms with Crippen molar-refractivity contribution < 1.29 is 9.53 Å². The number of thiazole rings is 1. The first-order valence-electron chi connectivity index (χ1n) is 8.48. The molecule has 1 fully saturated rings. The van der Waals surface area contributed by atoms with E-state index in [-0.39, 0.29) is 11.9 Å². The molecule has 1 amide bonds. The summed E-state index contributed by atoms with van der Waals surface area (Å²) in [6, 6.07) is 8.16. The maximum atomic E-state index is 12.9. The third-order valence-corrected chi connectivity index (χ3v) is 5.48. The number of hydrogen-bond donors (Lipinski definition) is 1. The van der Waals surface area contributed by atoms with Gasteiger partial charge in [0.05, 0.1) is 12.8 Å². The van der Waals surface area contributed by atoms with Crippen LogP contribution in [0.4, 0.5) is 10.8 Å². The molecule has 7 heteroatoms. The number of rotatable bonds is 4. The molecule has 1 aromatic carbocycles. The second-order valence-electron chi connectivity index (χ2n) is 6.17. The van der Waals surface area contributed by atoms with Crippen LogP contribution in [0.3, 0.4) is 0 Å². The summed E-state index contributed by atoms with van der Waals surface area (Å²) in [5.41, 5.74) is 7.75. The molecule has 0 bridgehead atoms. The van der Waals surface area contributed by atoms with Crippen molar-refractivity contribution in [1.29, 1.82) is 0 Å². The lowest BCUT2D eigenvalue weighted by Gasteiger charge is -2.41. The molecule has 2 heterocycles. The molecule has 1 saturated heterocycles. The molecule has 6 nitrogen and oxygen atoms in total. The Labute approximate surface area is 152 Å². The van der Waals surface area contributed by atoms with Gasteiger partial charge in [-0.2, -0.15) is 0 Å². The zero-order valence-electron chi connectivity index (χ0n) is 14.9. The highest BCUT2D eigenvalue weighted by molar-refractivity contribution is 7.17. The summed E-state index contributed by atoms with van der Waals surface area (Å²) >= 11 is 1.29. The van der Waals surface area contributed by atoms with Gasteiger partial charge in [0.15, 0.2) is 5.13 Å². The number of hydrogen-bond acceptors (Lipinski definition) is 6. The average Bonchev–Trinajstić information content (AvgIpc) is 3.02. The van der Waals surface area contributed by atoms with E-state index in [1.807, 2.05) is 24.0 Å². The Morgan fingerprint density at radius 1 is 1.36 bits per heavy atom. The van der Waals surface area contributed by atoms with E-state index in [1.54, 1.807) is 7.11 Å². The SMILES string of the molecule is CCc1nc(N)sc1C(=O)N1CCN(c2ccc(OC)cc2)CC1C. The van der Waals surface area contributed by atoms with Gasteiger partial charge < -0.3 is 20.3 Å². The minimum Gasteiger partial charge on any atom is -0.497 e.